The Bertz CT molecular complexity index is 1050. The summed E-state index contributed by atoms with van der Waals surface area (Å²) in [5, 5.41) is 39.6. The third-order valence-electron chi connectivity index (χ3n) is 7.08. The van der Waals surface area contributed by atoms with E-state index in [4.69, 9.17) is 24.4 Å². The molecule has 152 valence electrons. The molecule has 4 atom stereocenters. The van der Waals surface area contributed by atoms with Crippen LogP contribution in [0.15, 0.2) is 24.3 Å². The van der Waals surface area contributed by atoms with Crippen molar-refractivity contribution in [3.8, 4) is 18.2 Å². The number of nitrogens with one attached hydrogen (secondary N) is 1. The molecule has 1 spiro atoms. The fourth-order valence-electron chi connectivity index (χ4n) is 5.68. The molecule has 1 N–H and O–H groups in total. The molecule has 8 heteroatoms. The average molecular weight is 404 g/mol. The van der Waals surface area contributed by atoms with Gasteiger partial charge >= 0.3 is 0 Å². The van der Waals surface area contributed by atoms with E-state index < -0.39 is 34.4 Å². The van der Waals surface area contributed by atoms with Gasteiger partial charge in [0, 0.05) is 19.3 Å². The van der Waals surface area contributed by atoms with Crippen LogP contribution in [0, 0.1) is 63.1 Å². The number of aryl methyl sites for hydroxylation is 1. The van der Waals surface area contributed by atoms with Gasteiger partial charge in [-0.25, -0.2) is 0 Å². The Kier molecular flexibility index (Phi) is 3.82. The highest BCUT2D eigenvalue weighted by Crippen LogP contribution is 2.70. The minimum absolute atomic E-state index is 0.217. The average Bonchev–Trinajstić information content (AvgIpc) is 3.28. The van der Waals surface area contributed by atoms with Crippen LogP contribution < -0.4 is 0 Å². The highest BCUT2D eigenvalue weighted by atomic mass is 16.7. The molecule has 1 aliphatic carbocycles. The standard InChI is InChI=1S/C22H20N4O4/c1-14-3-2-4-15(9-14)17-19(11-23,12-24)21(13-25)16-10-20(27-7-8-28-20)5-6-22(16,29-17)30-18(21)26/h2-4,9,16-17,26H,5-8,10H2,1H3. The first-order chi connectivity index (χ1) is 14.4. The van der Waals surface area contributed by atoms with Gasteiger partial charge in [-0.05, 0) is 12.5 Å². The number of hydrogen-bond acceptors (Lipinski definition) is 8. The molecule has 4 fully saturated rings. The molecular formula is C22H20N4O4. The molecule has 1 aromatic rings. The van der Waals surface area contributed by atoms with Crippen molar-refractivity contribution in [2.75, 3.05) is 13.2 Å². The van der Waals surface area contributed by atoms with Crippen LogP contribution in [0.25, 0.3) is 0 Å². The molecule has 5 rings (SSSR count). The second kappa shape index (κ2) is 6.03. The lowest BCUT2D eigenvalue weighted by molar-refractivity contribution is -0.330. The third-order valence-corrected chi connectivity index (χ3v) is 7.08. The maximum atomic E-state index is 10.4. The van der Waals surface area contributed by atoms with Gasteiger partial charge in [0.05, 0.1) is 37.3 Å². The predicted molar refractivity (Wildman–Crippen MR) is 100 cm³/mol. The Hall–Kier alpha value is -2.96. The van der Waals surface area contributed by atoms with Gasteiger partial charge in [-0.2, -0.15) is 15.8 Å². The van der Waals surface area contributed by atoms with E-state index in [1.807, 2.05) is 25.1 Å². The summed E-state index contributed by atoms with van der Waals surface area (Å²) in [6, 6.07) is 13.7. The van der Waals surface area contributed by atoms with E-state index in [0.717, 1.165) is 5.56 Å². The molecule has 30 heavy (non-hydrogen) atoms. The van der Waals surface area contributed by atoms with E-state index >= 15 is 0 Å². The third kappa shape index (κ3) is 2.05. The molecular weight excluding hydrogens is 384 g/mol. The van der Waals surface area contributed by atoms with Gasteiger partial charge in [0.25, 0.3) is 0 Å². The van der Waals surface area contributed by atoms with E-state index in [1.165, 1.54) is 0 Å². The van der Waals surface area contributed by atoms with Gasteiger partial charge in [0.15, 0.2) is 11.2 Å². The lowest BCUT2D eigenvalue weighted by Crippen LogP contribution is -2.63. The fourth-order valence-corrected chi connectivity index (χ4v) is 5.68. The van der Waals surface area contributed by atoms with E-state index in [-0.39, 0.29) is 12.3 Å². The van der Waals surface area contributed by atoms with E-state index in [2.05, 4.69) is 18.2 Å². The Morgan fingerprint density at radius 1 is 1.07 bits per heavy atom. The topological polar surface area (TPSA) is 132 Å². The highest BCUT2D eigenvalue weighted by molar-refractivity contribution is 5.89. The monoisotopic (exact) mass is 404 g/mol. The molecule has 0 radical (unpaired) electrons. The number of nitriles is 3. The SMILES string of the molecule is Cc1cccc(C2OC34CCC5(CC3C(C#N)(C(=N)O4)C2(C#N)C#N)OCCO5)c1. The Labute approximate surface area is 174 Å². The van der Waals surface area contributed by atoms with Gasteiger partial charge in [0.1, 0.15) is 6.10 Å². The van der Waals surface area contributed by atoms with Crippen LogP contribution in [-0.4, -0.2) is 30.7 Å². The van der Waals surface area contributed by atoms with Gasteiger partial charge < -0.3 is 18.9 Å². The summed E-state index contributed by atoms with van der Waals surface area (Å²) in [4.78, 5) is 0. The Morgan fingerprint density at radius 2 is 1.80 bits per heavy atom. The molecule has 1 aromatic carbocycles. The van der Waals surface area contributed by atoms with E-state index in [0.29, 0.717) is 31.6 Å². The minimum Gasteiger partial charge on any atom is -0.447 e. The molecule has 3 saturated heterocycles. The van der Waals surface area contributed by atoms with Crippen LogP contribution in [0.1, 0.15) is 36.5 Å². The van der Waals surface area contributed by atoms with Gasteiger partial charge in [-0.1, -0.05) is 29.8 Å². The van der Waals surface area contributed by atoms with Crippen molar-refractivity contribution in [1.29, 1.82) is 21.2 Å². The van der Waals surface area contributed by atoms with Crippen LogP contribution >= 0.6 is 0 Å². The van der Waals surface area contributed by atoms with Crippen LogP contribution in [0.2, 0.25) is 0 Å². The first-order valence-electron chi connectivity index (χ1n) is 9.95. The van der Waals surface area contributed by atoms with Crippen molar-refractivity contribution >= 4 is 5.90 Å². The molecule has 8 nitrogen and oxygen atoms in total. The molecule has 4 aliphatic rings. The largest absolute Gasteiger partial charge is 0.447 e. The van der Waals surface area contributed by atoms with Crippen molar-refractivity contribution in [3.63, 3.8) is 0 Å². The van der Waals surface area contributed by atoms with E-state index in [9.17, 15) is 15.8 Å². The lowest BCUT2D eigenvalue weighted by atomic mass is 9.51. The maximum absolute atomic E-state index is 10.4. The highest BCUT2D eigenvalue weighted by Gasteiger charge is 2.82. The molecule has 4 unspecified atom stereocenters. The quantitative estimate of drug-likeness (QED) is 0.761. The number of hydrogen-bond donors (Lipinski definition) is 1. The smallest absolute Gasteiger partial charge is 0.218 e. The molecule has 0 aromatic heterocycles. The molecule has 3 heterocycles. The first kappa shape index (κ1) is 19.0. The summed E-state index contributed by atoms with van der Waals surface area (Å²) in [7, 11) is 0. The number of rotatable bonds is 1. The second-order valence-electron chi connectivity index (χ2n) is 8.47. The van der Waals surface area contributed by atoms with Crippen molar-refractivity contribution in [1.82, 2.24) is 0 Å². The van der Waals surface area contributed by atoms with Gasteiger partial charge in [-0.3, -0.25) is 5.41 Å². The number of nitrogens with zero attached hydrogens (tertiary/aromatic N) is 3. The Balaban J connectivity index is 1.73. The second-order valence-corrected chi connectivity index (χ2v) is 8.47. The normalized spacial score (nSPS) is 37.5. The zero-order valence-electron chi connectivity index (χ0n) is 16.5. The predicted octanol–water partition coefficient (Wildman–Crippen LogP) is 2.86. The van der Waals surface area contributed by atoms with Crippen LogP contribution in [0.3, 0.4) is 0 Å². The minimum atomic E-state index is -1.96. The zero-order valence-corrected chi connectivity index (χ0v) is 16.5. The summed E-state index contributed by atoms with van der Waals surface area (Å²) in [5.74, 6) is -3.31. The van der Waals surface area contributed by atoms with Crippen molar-refractivity contribution in [2.45, 2.75) is 43.9 Å². The van der Waals surface area contributed by atoms with Gasteiger partial charge in [0.2, 0.25) is 17.1 Å². The van der Waals surface area contributed by atoms with Crippen LogP contribution in [-0.2, 0) is 18.9 Å². The first-order valence-corrected chi connectivity index (χ1v) is 9.95. The van der Waals surface area contributed by atoms with E-state index in [1.54, 1.807) is 6.07 Å². The van der Waals surface area contributed by atoms with Crippen LogP contribution in [0.5, 0.6) is 0 Å². The lowest BCUT2D eigenvalue weighted by Gasteiger charge is -2.54. The molecule has 1 saturated carbocycles. The number of ether oxygens (including phenoxy) is 4. The summed E-state index contributed by atoms with van der Waals surface area (Å²) < 4.78 is 24.1. The number of benzene rings is 1. The van der Waals surface area contributed by atoms with Crippen molar-refractivity contribution in [2.24, 2.45) is 16.7 Å². The van der Waals surface area contributed by atoms with Crippen molar-refractivity contribution < 1.29 is 18.9 Å². The summed E-state index contributed by atoms with van der Waals surface area (Å²) in [6.45, 7) is 2.78. The molecule has 2 bridgehead atoms. The summed E-state index contributed by atoms with van der Waals surface area (Å²) >= 11 is 0. The Morgan fingerprint density at radius 3 is 2.43 bits per heavy atom. The fraction of sp³-hybridized carbons (Fsp3) is 0.545. The molecule has 0 amide bonds. The maximum Gasteiger partial charge on any atom is 0.218 e. The zero-order chi connectivity index (χ0) is 21.2. The summed E-state index contributed by atoms with van der Waals surface area (Å²) in [6.07, 6.45) is -0.0104. The molecule has 3 aliphatic heterocycles. The van der Waals surface area contributed by atoms with Crippen molar-refractivity contribution in [3.05, 3.63) is 35.4 Å². The summed E-state index contributed by atoms with van der Waals surface area (Å²) in [5.41, 5.74) is -2.21. The van der Waals surface area contributed by atoms with Crippen LogP contribution in [0.4, 0.5) is 0 Å². The van der Waals surface area contributed by atoms with Gasteiger partial charge in [-0.15, -0.1) is 0 Å².